The lowest BCUT2D eigenvalue weighted by Gasteiger charge is -2.21. The van der Waals surface area contributed by atoms with E-state index in [-0.39, 0.29) is 11.4 Å². The van der Waals surface area contributed by atoms with Crippen LogP contribution in [0.2, 0.25) is 0 Å². The van der Waals surface area contributed by atoms with Gasteiger partial charge in [0.1, 0.15) is 0 Å². The standard InChI is InChI=1S/C7H10ClNO/c8-6-3-1-2-4-7(6)9-5-10/h6-7H,1-4H2/t6-,7-/m1/s1. The van der Waals surface area contributed by atoms with Crippen molar-refractivity contribution in [3.05, 3.63) is 0 Å². The monoisotopic (exact) mass is 159 g/mol. The Morgan fingerprint density at radius 3 is 2.70 bits per heavy atom. The van der Waals surface area contributed by atoms with Crippen molar-refractivity contribution in [3.63, 3.8) is 0 Å². The minimum atomic E-state index is 0.0351. The number of isocyanates is 1. The number of alkyl halides is 1. The number of rotatable bonds is 1. The van der Waals surface area contributed by atoms with E-state index in [9.17, 15) is 4.79 Å². The first-order chi connectivity index (χ1) is 4.84. The summed E-state index contributed by atoms with van der Waals surface area (Å²) < 4.78 is 0. The summed E-state index contributed by atoms with van der Waals surface area (Å²) in [6, 6.07) is 0.0351. The summed E-state index contributed by atoms with van der Waals surface area (Å²) in [5.74, 6) is 0. The highest BCUT2D eigenvalue weighted by molar-refractivity contribution is 6.21. The Morgan fingerprint density at radius 1 is 1.40 bits per heavy atom. The van der Waals surface area contributed by atoms with Crippen LogP contribution < -0.4 is 0 Å². The van der Waals surface area contributed by atoms with E-state index in [2.05, 4.69) is 4.99 Å². The van der Waals surface area contributed by atoms with Gasteiger partial charge in [0.2, 0.25) is 6.08 Å². The maximum Gasteiger partial charge on any atom is 0.235 e. The van der Waals surface area contributed by atoms with Crippen molar-refractivity contribution >= 4 is 17.7 Å². The third-order valence-corrected chi connectivity index (χ3v) is 2.37. The van der Waals surface area contributed by atoms with Gasteiger partial charge in [-0.2, -0.15) is 0 Å². The molecule has 0 spiro atoms. The third-order valence-electron chi connectivity index (χ3n) is 1.87. The molecule has 1 aliphatic rings. The molecule has 0 unspecified atom stereocenters. The van der Waals surface area contributed by atoms with E-state index >= 15 is 0 Å². The summed E-state index contributed by atoms with van der Waals surface area (Å²) in [6.45, 7) is 0. The van der Waals surface area contributed by atoms with Crippen molar-refractivity contribution in [1.29, 1.82) is 0 Å². The normalized spacial score (nSPS) is 32.9. The van der Waals surface area contributed by atoms with Gasteiger partial charge in [0.05, 0.1) is 11.4 Å². The van der Waals surface area contributed by atoms with Crippen LogP contribution in [0.25, 0.3) is 0 Å². The smallest absolute Gasteiger partial charge is 0.211 e. The molecule has 0 amide bonds. The van der Waals surface area contributed by atoms with Gasteiger partial charge in [-0.25, -0.2) is 9.79 Å². The van der Waals surface area contributed by atoms with Crippen LogP contribution in [0.15, 0.2) is 4.99 Å². The summed E-state index contributed by atoms with van der Waals surface area (Å²) in [5.41, 5.74) is 0. The summed E-state index contributed by atoms with van der Waals surface area (Å²) in [5, 5.41) is 0.0650. The quantitative estimate of drug-likeness (QED) is 0.326. The number of carbonyl (C=O) groups excluding carboxylic acids is 1. The molecule has 0 aromatic carbocycles. The molecule has 56 valence electrons. The summed E-state index contributed by atoms with van der Waals surface area (Å²) in [6.07, 6.45) is 5.79. The van der Waals surface area contributed by atoms with E-state index in [0.717, 1.165) is 19.3 Å². The van der Waals surface area contributed by atoms with Crippen LogP contribution in [-0.2, 0) is 4.79 Å². The van der Waals surface area contributed by atoms with Gasteiger partial charge >= 0.3 is 0 Å². The fraction of sp³-hybridized carbons (Fsp3) is 0.857. The van der Waals surface area contributed by atoms with E-state index in [0.29, 0.717) is 0 Å². The van der Waals surface area contributed by atoms with Crippen molar-refractivity contribution in [2.45, 2.75) is 37.1 Å². The zero-order valence-corrected chi connectivity index (χ0v) is 6.47. The summed E-state index contributed by atoms with van der Waals surface area (Å²) >= 11 is 5.89. The summed E-state index contributed by atoms with van der Waals surface area (Å²) in [7, 11) is 0. The number of hydrogen-bond acceptors (Lipinski definition) is 2. The largest absolute Gasteiger partial charge is 0.235 e. The molecule has 2 atom stereocenters. The zero-order valence-electron chi connectivity index (χ0n) is 5.72. The number of hydrogen-bond donors (Lipinski definition) is 0. The number of halogens is 1. The molecule has 3 heteroatoms. The van der Waals surface area contributed by atoms with E-state index in [1.807, 2.05) is 0 Å². The minimum Gasteiger partial charge on any atom is -0.211 e. The highest BCUT2D eigenvalue weighted by atomic mass is 35.5. The fourth-order valence-electron chi connectivity index (χ4n) is 1.28. The molecule has 0 bridgehead atoms. The van der Waals surface area contributed by atoms with Crippen molar-refractivity contribution in [1.82, 2.24) is 0 Å². The van der Waals surface area contributed by atoms with Crippen LogP contribution in [0.4, 0.5) is 0 Å². The Kier molecular flexibility index (Phi) is 2.91. The highest BCUT2D eigenvalue weighted by Crippen LogP contribution is 2.24. The van der Waals surface area contributed by atoms with Crippen LogP contribution in [0, 0.1) is 0 Å². The molecule has 0 aromatic heterocycles. The van der Waals surface area contributed by atoms with Gasteiger partial charge in [-0.1, -0.05) is 12.8 Å². The maximum absolute atomic E-state index is 9.87. The Morgan fingerprint density at radius 2 is 2.10 bits per heavy atom. The molecule has 1 rings (SSSR count). The molecular formula is C7H10ClNO. The first-order valence-corrected chi connectivity index (χ1v) is 3.99. The van der Waals surface area contributed by atoms with Crippen molar-refractivity contribution in [3.8, 4) is 0 Å². The topological polar surface area (TPSA) is 29.4 Å². The second-order valence-electron chi connectivity index (χ2n) is 2.59. The molecule has 0 N–H and O–H groups in total. The van der Waals surface area contributed by atoms with Crippen LogP contribution in [0.5, 0.6) is 0 Å². The molecular weight excluding hydrogens is 150 g/mol. The van der Waals surface area contributed by atoms with Gasteiger partial charge < -0.3 is 0 Å². The Labute approximate surface area is 65.3 Å². The van der Waals surface area contributed by atoms with Crippen molar-refractivity contribution in [2.75, 3.05) is 0 Å². The van der Waals surface area contributed by atoms with Crippen LogP contribution in [0.1, 0.15) is 25.7 Å². The Bertz CT molecular complexity index is 154. The molecule has 0 aromatic rings. The predicted molar refractivity (Wildman–Crippen MR) is 40.0 cm³/mol. The predicted octanol–water partition coefficient (Wildman–Crippen LogP) is 1.87. The first kappa shape index (κ1) is 7.77. The lowest BCUT2D eigenvalue weighted by molar-refractivity contribution is 0.446. The lowest BCUT2D eigenvalue weighted by Crippen LogP contribution is -2.22. The van der Waals surface area contributed by atoms with E-state index in [4.69, 9.17) is 11.6 Å². The van der Waals surface area contributed by atoms with Gasteiger partial charge in [0.15, 0.2) is 0 Å². The second kappa shape index (κ2) is 3.75. The average molecular weight is 160 g/mol. The number of nitrogens with zero attached hydrogens (tertiary/aromatic N) is 1. The average Bonchev–Trinajstić information content (AvgIpc) is 1.94. The fourth-order valence-corrected chi connectivity index (χ4v) is 1.62. The SMILES string of the molecule is O=C=N[C@@H]1CCCC[C@H]1Cl. The highest BCUT2D eigenvalue weighted by Gasteiger charge is 2.21. The van der Waals surface area contributed by atoms with E-state index < -0.39 is 0 Å². The first-order valence-electron chi connectivity index (χ1n) is 3.55. The van der Waals surface area contributed by atoms with Crippen LogP contribution >= 0.6 is 11.6 Å². The molecule has 0 saturated heterocycles. The molecule has 1 saturated carbocycles. The molecule has 1 fully saturated rings. The Balaban J connectivity index is 2.47. The van der Waals surface area contributed by atoms with Gasteiger partial charge in [0, 0.05) is 0 Å². The molecule has 2 nitrogen and oxygen atoms in total. The third kappa shape index (κ3) is 1.83. The summed E-state index contributed by atoms with van der Waals surface area (Å²) in [4.78, 5) is 13.5. The Hall–Kier alpha value is -0.330. The number of aliphatic imine (C=N–C) groups is 1. The van der Waals surface area contributed by atoms with Gasteiger partial charge in [-0.15, -0.1) is 11.6 Å². The van der Waals surface area contributed by atoms with Crippen LogP contribution in [0.3, 0.4) is 0 Å². The van der Waals surface area contributed by atoms with Gasteiger partial charge in [-0.3, -0.25) is 0 Å². The van der Waals surface area contributed by atoms with Crippen molar-refractivity contribution in [2.24, 2.45) is 4.99 Å². The molecule has 1 aliphatic carbocycles. The zero-order chi connectivity index (χ0) is 7.40. The lowest BCUT2D eigenvalue weighted by atomic mass is 9.96. The van der Waals surface area contributed by atoms with Gasteiger partial charge in [-0.05, 0) is 12.8 Å². The van der Waals surface area contributed by atoms with Crippen molar-refractivity contribution < 1.29 is 4.79 Å². The second-order valence-corrected chi connectivity index (χ2v) is 3.15. The minimum absolute atomic E-state index is 0.0351. The molecule has 10 heavy (non-hydrogen) atoms. The van der Waals surface area contributed by atoms with E-state index in [1.54, 1.807) is 6.08 Å². The molecule has 0 heterocycles. The maximum atomic E-state index is 9.87. The molecule has 0 radical (unpaired) electrons. The molecule has 0 aliphatic heterocycles. The van der Waals surface area contributed by atoms with Gasteiger partial charge in [0.25, 0.3) is 0 Å². The van der Waals surface area contributed by atoms with E-state index in [1.165, 1.54) is 6.42 Å². The van der Waals surface area contributed by atoms with Crippen LogP contribution in [-0.4, -0.2) is 17.5 Å².